The van der Waals surface area contributed by atoms with Crippen LogP contribution in [0.1, 0.15) is 25.3 Å². The van der Waals surface area contributed by atoms with Crippen LogP contribution >= 0.6 is 0 Å². The standard InChI is InChI=1S/C17H25N3O3/c1-13(8-14-5-6-16-17(9-14)23-12-22-16)10-18-19-20-7-3-4-15(20)11-21-2/h5-6,9-10,13,15,19H,3-4,7-8,11-12H2,1-2H3/b18-10+/t13-,15-/m1/s1. The number of rotatable bonds is 7. The number of methoxy groups -OCH3 is 1. The molecule has 1 aromatic rings. The number of benzene rings is 1. The fraction of sp³-hybridized carbons (Fsp3) is 0.588. The van der Waals surface area contributed by atoms with E-state index >= 15 is 0 Å². The minimum absolute atomic E-state index is 0.318. The van der Waals surface area contributed by atoms with Crippen molar-refractivity contribution in [3.8, 4) is 11.5 Å². The zero-order valence-electron chi connectivity index (χ0n) is 13.8. The van der Waals surface area contributed by atoms with Gasteiger partial charge in [-0.25, -0.2) is 10.5 Å². The van der Waals surface area contributed by atoms with Crippen LogP contribution in [-0.2, 0) is 11.2 Å². The van der Waals surface area contributed by atoms with Gasteiger partial charge in [-0.05, 0) is 42.9 Å². The Morgan fingerprint density at radius 3 is 3.17 bits per heavy atom. The first-order chi connectivity index (χ1) is 11.3. The number of nitrogens with zero attached hydrogens (tertiary/aromatic N) is 2. The summed E-state index contributed by atoms with van der Waals surface area (Å²) in [5.74, 6) is 2.01. The summed E-state index contributed by atoms with van der Waals surface area (Å²) in [6, 6.07) is 6.52. The first kappa shape index (κ1) is 16.1. The molecule has 0 aliphatic carbocycles. The van der Waals surface area contributed by atoms with Gasteiger partial charge < -0.3 is 14.2 Å². The summed E-state index contributed by atoms with van der Waals surface area (Å²) in [4.78, 5) is 0. The molecule has 2 heterocycles. The maximum atomic E-state index is 5.42. The molecule has 0 aromatic heterocycles. The van der Waals surface area contributed by atoms with Gasteiger partial charge in [-0.2, -0.15) is 5.10 Å². The Labute approximate surface area is 137 Å². The molecule has 2 atom stereocenters. The Morgan fingerprint density at radius 1 is 1.43 bits per heavy atom. The second-order valence-corrected chi connectivity index (χ2v) is 6.19. The van der Waals surface area contributed by atoms with Crippen molar-refractivity contribution in [2.75, 3.05) is 27.1 Å². The van der Waals surface area contributed by atoms with E-state index in [-0.39, 0.29) is 0 Å². The van der Waals surface area contributed by atoms with Crippen LogP contribution in [0.2, 0.25) is 0 Å². The van der Waals surface area contributed by atoms with Crippen molar-refractivity contribution < 1.29 is 14.2 Å². The van der Waals surface area contributed by atoms with Crippen LogP contribution in [0, 0.1) is 5.92 Å². The quantitative estimate of drug-likeness (QED) is 0.617. The van der Waals surface area contributed by atoms with Crippen molar-refractivity contribution in [3.05, 3.63) is 23.8 Å². The van der Waals surface area contributed by atoms with Gasteiger partial charge in [0.15, 0.2) is 11.5 Å². The van der Waals surface area contributed by atoms with Crippen molar-refractivity contribution in [2.24, 2.45) is 11.0 Å². The fourth-order valence-electron chi connectivity index (χ4n) is 3.06. The molecule has 6 nitrogen and oxygen atoms in total. The molecule has 6 heteroatoms. The predicted molar refractivity (Wildman–Crippen MR) is 88.7 cm³/mol. The van der Waals surface area contributed by atoms with Gasteiger partial charge in [0, 0.05) is 19.9 Å². The number of fused-ring (bicyclic) bond motifs is 1. The molecule has 3 rings (SSSR count). The second kappa shape index (κ2) is 7.66. The van der Waals surface area contributed by atoms with Crippen LogP contribution in [0.3, 0.4) is 0 Å². The largest absolute Gasteiger partial charge is 0.454 e. The zero-order chi connectivity index (χ0) is 16.1. The molecule has 1 N–H and O–H groups in total. The van der Waals surface area contributed by atoms with E-state index in [4.69, 9.17) is 14.2 Å². The summed E-state index contributed by atoms with van der Waals surface area (Å²) in [6.07, 6.45) is 5.22. The molecule has 0 amide bonds. The molecule has 1 fully saturated rings. The fourth-order valence-corrected chi connectivity index (χ4v) is 3.06. The second-order valence-electron chi connectivity index (χ2n) is 6.19. The Balaban J connectivity index is 1.48. The summed E-state index contributed by atoms with van der Waals surface area (Å²) >= 11 is 0. The number of hydrazine groups is 1. The van der Waals surface area contributed by atoms with Crippen LogP contribution in [0.15, 0.2) is 23.3 Å². The highest BCUT2D eigenvalue weighted by Crippen LogP contribution is 2.32. The lowest BCUT2D eigenvalue weighted by atomic mass is 10.0. The van der Waals surface area contributed by atoms with E-state index in [0.717, 1.165) is 37.5 Å². The van der Waals surface area contributed by atoms with E-state index in [9.17, 15) is 0 Å². The van der Waals surface area contributed by atoms with Gasteiger partial charge in [0.2, 0.25) is 6.79 Å². The highest BCUT2D eigenvalue weighted by Gasteiger charge is 2.23. The van der Waals surface area contributed by atoms with Gasteiger partial charge in [-0.3, -0.25) is 0 Å². The molecule has 23 heavy (non-hydrogen) atoms. The smallest absolute Gasteiger partial charge is 0.231 e. The molecular weight excluding hydrogens is 294 g/mol. The summed E-state index contributed by atoms with van der Waals surface area (Å²) in [5, 5.41) is 6.55. The highest BCUT2D eigenvalue weighted by molar-refractivity contribution is 5.60. The number of ether oxygens (including phenoxy) is 3. The minimum atomic E-state index is 0.318. The maximum absolute atomic E-state index is 5.42. The van der Waals surface area contributed by atoms with Gasteiger partial charge in [-0.15, -0.1) is 0 Å². The van der Waals surface area contributed by atoms with Crippen LogP contribution in [0.4, 0.5) is 0 Å². The molecule has 1 aromatic carbocycles. The molecule has 0 saturated carbocycles. The third-order valence-corrected chi connectivity index (χ3v) is 4.25. The van der Waals surface area contributed by atoms with Crippen molar-refractivity contribution in [1.82, 2.24) is 10.5 Å². The predicted octanol–water partition coefficient (Wildman–Crippen LogP) is 2.20. The van der Waals surface area contributed by atoms with Crippen molar-refractivity contribution in [2.45, 2.75) is 32.2 Å². The zero-order valence-corrected chi connectivity index (χ0v) is 13.8. The summed E-state index contributed by atoms with van der Waals surface area (Å²) in [7, 11) is 1.74. The third kappa shape index (κ3) is 4.14. The van der Waals surface area contributed by atoms with Gasteiger partial charge in [-0.1, -0.05) is 13.0 Å². The molecule has 126 valence electrons. The minimum Gasteiger partial charge on any atom is -0.454 e. The van der Waals surface area contributed by atoms with Crippen LogP contribution in [-0.4, -0.2) is 44.3 Å². The topological polar surface area (TPSA) is 55.3 Å². The Kier molecular flexibility index (Phi) is 5.35. The molecule has 2 aliphatic rings. The maximum Gasteiger partial charge on any atom is 0.231 e. The van der Waals surface area contributed by atoms with E-state index in [0.29, 0.717) is 18.8 Å². The van der Waals surface area contributed by atoms with Crippen molar-refractivity contribution in [3.63, 3.8) is 0 Å². The monoisotopic (exact) mass is 319 g/mol. The molecule has 0 bridgehead atoms. The highest BCUT2D eigenvalue weighted by atomic mass is 16.7. The van der Waals surface area contributed by atoms with E-state index in [2.05, 4.69) is 34.7 Å². The number of hydrogen-bond donors (Lipinski definition) is 1. The SMILES string of the molecule is COC[C@H]1CCCN1N/N=C/[C@H](C)Cc1ccc2c(c1)OCO2. The first-order valence-electron chi connectivity index (χ1n) is 8.19. The number of hydrazone groups is 1. The van der Waals surface area contributed by atoms with Gasteiger partial charge >= 0.3 is 0 Å². The van der Waals surface area contributed by atoms with Crippen LogP contribution < -0.4 is 15.0 Å². The molecular formula is C17H25N3O3. The average Bonchev–Trinajstić information content (AvgIpc) is 3.16. The van der Waals surface area contributed by atoms with E-state index in [1.54, 1.807) is 7.11 Å². The van der Waals surface area contributed by atoms with Crippen molar-refractivity contribution in [1.29, 1.82) is 0 Å². The molecule has 0 unspecified atom stereocenters. The Hall–Kier alpha value is -1.79. The van der Waals surface area contributed by atoms with Gasteiger partial charge in [0.05, 0.1) is 12.6 Å². The molecule has 1 saturated heterocycles. The summed E-state index contributed by atoms with van der Waals surface area (Å²) in [5.41, 5.74) is 4.38. The molecule has 0 spiro atoms. The van der Waals surface area contributed by atoms with Gasteiger partial charge in [0.25, 0.3) is 0 Å². The Morgan fingerprint density at radius 2 is 2.30 bits per heavy atom. The van der Waals surface area contributed by atoms with Crippen LogP contribution in [0.25, 0.3) is 0 Å². The van der Waals surface area contributed by atoms with E-state index in [1.165, 1.54) is 12.0 Å². The van der Waals surface area contributed by atoms with Gasteiger partial charge in [0.1, 0.15) is 0 Å². The number of nitrogens with one attached hydrogen (secondary N) is 1. The van der Waals surface area contributed by atoms with Crippen molar-refractivity contribution >= 4 is 6.21 Å². The molecule has 2 aliphatic heterocycles. The van der Waals surface area contributed by atoms with E-state index in [1.807, 2.05) is 12.3 Å². The third-order valence-electron chi connectivity index (χ3n) is 4.25. The normalized spacial score (nSPS) is 21.9. The van der Waals surface area contributed by atoms with E-state index < -0.39 is 0 Å². The average molecular weight is 319 g/mol. The van der Waals surface area contributed by atoms with Crippen LogP contribution in [0.5, 0.6) is 11.5 Å². The lowest BCUT2D eigenvalue weighted by molar-refractivity contribution is 0.0848. The number of hydrogen-bond acceptors (Lipinski definition) is 6. The lowest BCUT2D eigenvalue weighted by Gasteiger charge is -2.22. The summed E-state index contributed by atoms with van der Waals surface area (Å²) < 4.78 is 16.0. The molecule has 0 radical (unpaired) electrons. The lowest BCUT2D eigenvalue weighted by Crippen LogP contribution is -2.41. The summed E-state index contributed by atoms with van der Waals surface area (Å²) in [6.45, 7) is 4.24. The first-order valence-corrected chi connectivity index (χ1v) is 8.19. The Bertz CT molecular complexity index is 550.